The van der Waals surface area contributed by atoms with Gasteiger partial charge in [-0.25, -0.2) is 0 Å². The zero-order valence-electron chi connectivity index (χ0n) is 11.0. The molecule has 22 heavy (non-hydrogen) atoms. The Morgan fingerprint density at radius 3 is 2.41 bits per heavy atom. The van der Waals surface area contributed by atoms with Crippen LogP contribution in [0, 0.1) is 10.1 Å². The minimum Gasteiger partial charge on any atom is -0.279 e. The van der Waals surface area contributed by atoms with Crippen LogP contribution >= 0.6 is 0 Å². The molecule has 0 aliphatic carbocycles. The molecule has 0 radical (unpaired) electrons. The van der Waals surface area contributed by atoms with E-state index in [0.29, 0.717) is 11.8 Å². The van der Waals surface area contributed by atoms with E-state index in [4.69, 9.17) is 0 Å². The van der Waals surface area contributed by atoms with Gasteiger partial charge in [0, 0.05) is 11.6 Å². The molecule has 0 aliphatic rings. The van der Waals surface area contributed by atoms with Crippen LogP contribution in [0.2, 0.25) is 0 Å². The Hall–Kier alpha value is -2.90. The van der Waals surface area contributed by atoms with Crippen LogP contribution in [-0.4, -0.2) is 11.1 Å². The van der Waals surface area contributed by atoms with Crippen LogP contribution in [0.5, 0.6) is 0 Å². The average molecular weight is 309 g/mol. The number of alkyl halides is 3. The van der Waals surface area contributed by atoms with Crippen molar-refractivity contribution in [1.29, 1.82) is 0 Å². The molecule has 1 N–H and O–H groups in total. The van der Waals surface area contributed by atoms with E-state index in [1.54, 1.807) is 24.3 Å². The minimum atomic E-state index is -4.78. The lowest BCUT2D eigenvalue weighted by atomic mass is 10.1. The molecule has 0 amide bonds. The van der Waals surface area contributed by atoms with Crippen molar-refractivity contribution in [3.05, 3.63) is 69.8 Å². The standard InChI is InChI=1S/C14H10F3N3O2/c15-14(16,17)12-7-6-10(8-13(12)20(21)22)9-18-19-11-4-2-1-3-5-11/h1-9,19H. The first-order valence-electron chi connectivity index (χ1n) is 6.07. The number of nitrogens with zero attached hydrogens (tertiary/aromatic N) is 2. The molecule has 0 saturated heterocycles. The molecule has 0 heterocycles. The van der Waals surface area contributed by atoms with Crippen LogP contribution in [0.3, 0.4) is 0 Å². The highest BCUT2D eigenvalue weighted by molar-refractivity contribution is 5.81. The molecular weight excluding hydrogens is 299 g/mol. The monoisotopic (exact) mass is 309 g/mol. The Morgan fingerprint density at radius 1 is 1.14 bits per heavy atom. The number of nitrogens with one attached hydrogen (secondary N) is 1. The average Bonchev–Trinajstić information content (AvgIpc) is 2.47. The molecule has 5 nitrogen and oxygen atoms in total. The van der Waals surface area contributed by atoms with Crippen LogP contribution in [0.4, 0.5) is 24.5 Å². The second-order valence-electron chi connectivity index (χ2n) is 4.27. The van der Waals surface area contributed by atoms with Gasteiger partial charge in [0.1, 0.15) is 5.56 Å². The van der Waals surface area contributed by atoms with Gasteiger partial charge in [0.05, 0.1) is 16.8 Å². The van der Waals surface area contributed by atoms with Crippen LogP contribution in [0.1, 0.15) is 11.1 Å². The molecule has 0 fully saturated rings. The third-order valence-electron chi connectivity index (χ3n) is 2.70. The van der Waals surface area contributed by atoms with Crippen LogP contribution in [0.25, 0.3) is 0 Å². The Labute approximate surface area is 123 Å². The number of para-hydroxylation sites is 1. The first-order chi connectivity index (χ1) is 10.4. The van der Waals surface area contributed by atoms with Gasteiger partial charge in [0.15, 0.2) is 0 Å². The topological polar surface area (TPSA) is 67.5 Å². The molecule has 2 rings (SSSR count). The van der Waals surface area contributed by atoms with Gasteiger partial charge >= 0.3 is 6.18 Å². The van der Waals surface area contributed by atoms with Gasteiger partial charge in [-0.1, -0.05) is 24.3 Å². The predicted octanol–water partition coefficient (Wildman–Crippen LogP) is 4.06. The van der Waals surface area contributed by atoms with E-state index in [9.17, 15) is 23.3 Å². The number of benzene rings is 2. The highest BCUT2D eigenvalue weighted by atomic mass is 19.4. The largest absolute Gasteiger partial charge is 0.422 e. The molecule has 8 heteroatoms. The third kappa shape index (κ3) is 3.81. The molecule has 2 aromatic carbocycles. The zero-order chi connectivity index (χ0) is 16.2. The number of halogens is 3. The summed E-state index contributed by atoms with van der Waals surface area (Å²) in [5.41, 5.74) is 1.24. The minimum absolute atomic E-state index is 0.183. The predicted molar refractivity (Wildman–Crippen MR) is 75.8 cm³/mol. The fourth-order valence-corrected chi connectivity index (χ4v) is 1.71. The second kappa shape index (κ2) is 6.25. The fourth-order valence-electron chi connectivity index (χ4n) is 1.71. The van der Waals surface area contributed by atoms with Crippen LogP contribution in [-0.2, 0) is 6.18 Å². The third-order valence-corrected chi connectivity index (χ3v) is 2.70. The molecule has 0 unspecified atom stereocenters. The number of hydrazone groups is 1. The van der Waals surface area contributed by atoms with Crippen molar-refractivity contribution >= 4 is 17.6 Å². The number of rotatable bonds is 4. The van der Waals surface area contributed by atoms with Gasteiger partial charge < -0.3 is 0 Å². The smallest absolute Gasteiger partial charge is 0.279 e. The quantitative estimate of drug-likeness (QED) is 0.526. The van der Waals surface area contributed by atoms with Crippen molar-refractivity contribution in [1.82, 2.24) is 0 Å². The van der Waals surface area contributed by atoms with Crippen LogP contribution < -0.4 is 5.43 Å². The normalized spacial score (nSPS) is 11.6. The van der Waals surface area contributed by atoms with Crippen molar-refractivity contribution in [2.24, 2.45) is 5.10 Å². The molecule has 2 aromatic rings. The van der Waals surface area contributed by atoms with Gasteiger partial charge in [-0.3, -0.25) is 15.5 Å². The maximum Gasteiger partial charge on any atom is 0.422 e. The summed E-state index contributed by atoms with van der Waals surface area (Å²) in [5.74, 6) is 0. The highest BCUT2D eigenvalue weighted by Gasteiger charge is 2.38. The Bertz CT molecular complexity index is 700. The first kappa shape index (κ1) is 15.5. The molecule has 0 saturated carbocycles. The Kier molecular flexibility index (Phi) is 4.40. The number of hydrogen-bond acceptors (Lipinski definition) is 4. The van der Waals surface area contributed by atoms with E-state index in [-0.39, 0.29) is 5.56 Å². The van der Waals surface area contributed by atoms with Crippen molar-refractivity contribution in [3.8, 4) is 0 Å². The van der Waals surface area contributed by atoms with Crippen molar-refractivity contribution in [2.75, 3.05) is 5.43 Å². The lowest BCUT2D eigenvalue weighted by Gasteiger charge is -2.07. The van der Waals surface area contributed by atoms with Crippen LogP contribution in [0.15, 0.2) is 53.6 Å². The van der Waals surface area contributed by atoms with E-state index >= 15 is 0 Å². The summed E-state index contributed by atoms with van der Waals surface area (Å²) in [6.07, 6.45) is -3.57. The lowest BCUT2D eigenvalue weighted by Crippen LogP contribution is -2.09. The van der Waals surface area contributed by atoms with Gasteiger partial charge in [0.2, 0.25) is 0 Å². The lowest BCUT2D eigenvalue weighted by molar-refractivity contribution is -0.388. The highest BCUT2D eigenvalue weighted by Crippen LogP contribution is 2.36. The fraction of sp³-hybridized carbons (Fsp3) is 0.0714. The van der Waals surface area contributed by atoms with E-state index in [0.717, 1.165) is 12.1 Å². The Balaban J connectivity index is 2.22. The van der Waals surface area contributed by atoms with E-state index in [2.05, 4.69) is 10.5 Å². The number of anilines is 1. The summed E-state index contributed by atoms with van der Waals surface area (Å²) >= 11 is 0. The molecule has 0 aromatic heterocycles. The van der Waals surface area contributed by atoms with Crippen molar-refractivity contribution in [3.63, 3.8) is 0 Å². The van der Waals surface area contributed by atoms with Gasteiger partial charge in [0.25, 0.3) is 5.69 Å². The maximum absolute atomic E-state index is 12.7. The summed E-state index contributed by atoms with van der Waals surface area (Å²) < 4.78 is 38.0. The number of nitro benzene ring substituents is 1. The summed E-state index contributed by atoms with van der Waals surface area (Å²) in [7, 11) is 0. The van der Waals surface area contributed by atoms with Crippen molar-refractivity contribution in [2.45, 2.75) is 6.18 Å². The molecule has 0 bridgehead atoms. The molecule has 0 spiro atoms. The van der Waals surface area contributed by atoms with Gasteiger partial charge in [-0.05, 0) is 18.2 Å². The molecule has 114 valence electrons. The van der Waals surface area contributed by atoms with Gasteiger partial charge in [-0.15, -0.1) is 0 Å². The number of nitro groups is 1. The van der Waals surface area contributed by atoms with Crippen molar-refractivity contribution < 1.29 is 18.1 Å². The van der Waals surface area contributed by atoms with Gasteiger partial charge in [-0.2, -0.15) is 18.3 Å². The van der Waals surface area contributed by atoms with E-state index in [1.165, 1.54) is 6.21 Å². The molecule has 0 atom stereocenters. The molecular formula is C14H10F3N3O2. The first-order valence-corrected chi connectivity index (χ1v) is 6.07. The summed E-state index contributed by atoms with van der Waals surface area (Å²) in [4.78, 5) is 9.70. The number of hydrogen-bond donors (Lipinski definition) is 1. The maximum atomic E-state index is 12.7. The summed E-state index contributed by atoms with van der Waals surface area (Å²) in [6, 6.07) is 11.5. The Morgan fingerprint density at radius 2 is 1.82 bits per heavy atom. The van der Waals surface area contributed by atoms with E-state index in [1.807, 2.05) is 6.07 Å². The zero-order valence-corrected chi connectivity index (χ0v) is 11.0. The summed E-state index contributed by atoms with van der Waals surface area (Å²) in [5, 5.41) is 14.6. The SMILES string of the molecule is O=[N+]([O-])c1cc(C=NNc2ccccc2)ccc1C(F)(F)F. The second-order valence-corrected chi connectivity index (χ2v) is 4.27. The van der Waals surface area contributed by atoms with E-state index < -0.39 is 22.4 Å². The summed E-state index contributed by atoms with van der Waals surface area (Å²) in [6.45, 7) is 0. The molecule has 0 aliphatic heterocycles.